The highest BCUT2D eigenvalue weighted by Crippen LogP contribution is 2.26. The Morgan fingerprint density at radius 1 is 0.930 bits per heavy atom. The normalized spacial score (nSPS) is 14.5. The van der Waals surface area contributed by atoms with Gasteiger partial charge in [0, 0.05) is 33.3 Å². The highest BCUT2D eigenvalue weighted by molar-refractivity contribution is 7.89. The fourth-order valence-corrected chi connectivity index (χ4v) is 6.01. The van der Waals surface area contributed by atoms with Crippen LogP contribution in [-0.4, -0.2) is 89.7 Å². The number of sulfonamides is 1. The van der Waals surface area contributed by atoms with Crippen molar-refractivity contribution < 1.29 is 37.0 Å². The van der Waals surface area contributed by atoms with Gasteiger partial charge < -0.3 is 29.2 Å². The van der Waals surface area contributed by atoms with Gasteiger partial charge in [0.25, 0.3) is 5.91 Å². The number of carbonyl (C=O) groups is 2. The second-order valence-corrected chi connectivity index (χ2v) is 11.7. The van der Waals surface area contributed by atoms with Gasteiger partial charge in [0.15, 0.2) is 6.61 Å². The predicted molar refractivity (Wildman–Crippen MR) is 159 cm³/mol. The smallest absolute Gasteiger partial charge is 0.261 e. The summed E-state index contributed by atoms with van der Waals surface area (Å²) >= 11 is 0. The van der Waals surface area contributed by atoms with Crippen molar-refractivity contribution >= 4 is 21.8 Å². The standard InChI is InChI=1S/C31H37N3O8S/c1-39-19-16-32-31(36)30(25-6-4-3-5-7-25)34(22-24-8-10-26(40-2)11-9-24)29(35)23-42-27-12-14-28(15-13-27)43(37,38)33-17-20-41-21-18-33/h3-15,30H,16-23H2,1-2H3,(H,32,36)/t30-/m1/s1. The molecule has 0 aliphatic carbocycles. The first-order valence-corrected chi connectivity index (χ1v) is 15.3. The van der Waals surface area contributed by atoms with Crippen LogP contribution in [0.15, 0.2) is 83.8 Å². The van der Waals surface area contributed by atoms with Crippen molar-refractivity contribution in [2.24, 2.45) is 0 Å². The van der Waals surface area contributed by atoms with E-state index < -0.39 is 22.0 Å². The number of amides is 2. The van der Waals surface area contributed by atoms with E-state index in [-0.39, 0.29) is 30.5 Å². The summed E-state index contributed by atoms with van der Waals surface area (Å²) in [5.41, 5.74) is 1.43. The van der Waals surface area contributed by atoms with Gasteiger partial charge in [0.05, 0.1) is 31.8 Å². The van der Waals surface area contributed by atoms with E-state index in [9.17, 15) is 18.0 Å². The Labute approximate surface area is 252 Å². The van der Waals surface area contributed by atoms with Crippen molar-refractivity contribution in [2.45, 2.75) is 17.5 Å². The van der Waals surface area contributed by atoms with Gasteiger partial charge in [-0.05, 0) is 47.5 Å². The topological polar surface area (TPSA) is 124 Å². The van der Waals surface area contributed by atoms with Crippen molar-refractivity contribution in [2.75, 3.05) is 60.3 Å². The zero-order valence-electron chi connectivity index (χ0n) is 24.3. The summed E-state index contributed by atoms with van der Waals surface area (Å²) in [6, 6.07) is 21.3. The lowest BCUT2D eigenvalue weighted by Gasteiger charge is -2.31. The predicted octanol–water partition coefficient (Wildman–Crippen LogP) is 2.63. The molecule has 0 radical (unpaired) electrons. The average molecular weight is 612 g/mol. The van der Waals surface area contributed by atoms with Crippen LogP contribution in [0.5, 0.6) is 11.5 Å². The van der Waals surface area contributed by atoms with Gasteiger partial charge in [-0.15, -0.1) is 0 Å². The number of methoxy groups -OCH3 is 2. The maximum atomic E-state index is 13.8. The molecule has 0 unspecified atom stereocenters. The van der Waals surface area contributed by atoms with Crippen LogP contribution in [0.25, 0.3) is 0 Å². The zero-order valence-corrected chi connectivity index (χ0v) is 25.1. The van der Waals surface area contributed by atoms with Gasteiger partial charge in [-0.2, -0.15) is 4.31 Å². The Kier molecular flexibility index (Phi) is 11.5. The second-order valence-electron chi connectivity index (χ2n) is 9.74. The van der Waals surface area contributed by atoms with Gasteiger partial charge >= 0.3 is 0 Å². The molecule has 2 amide bonds. The van der Waals surface area contributed by atoms with Crippen LogP contribution in [0.4, 0.5) is 0 Å². The number of hydrogen-bond donors (Lipinski definition) is 1. The van der Waals surface area contributed by atoms with Crippen LogP contribution < -0.4 is 14.8 Å². The summed E-state index contributed by atoms with van der Waals surface area (Å²) < 4.78 is 48.7. The van der Waals surface area contributed by atoms with Crippen molar-refractivity contribution in [3.05, 3.63) is 90.0 Å². The zero-order chi connectivity index (χ0) is 30.7. The molecule has 1 atom stereocenters. The van der Waals surface area contributed by atoms with E-state index in [1.54, 1.807) is 38.5 Å². The summed E-state index contributed by atoms with van der Waals surface area (Å²) in [5.74, 6) is 0.194. The quantitative estimate of drug-likeness (QED) is 0.276. The third kappa shape index (κ3) is 8.54. The maximum Gasteiger partial charge on any atom is 0.261 e. The molecule has 11 nitrogen and oxygen atoms in total. The van der Waals surface area contributed by atoms with Crippen LogP contribution in [0.3, 0.4) is 0 Å². The Hall–Kier alpha value is -3.97. The molecule has 0 aromatic heterocycles. The molecule has 1 heterocycles. The molecule has 0 saturated carbocycles. The van der Waals surface area contributed by atoms with Crippen molar-refractivity contribution in [1.29, 1.82) is 0 Å². The average Bonchev–Trinajstić information content (AvgIpc) is 3.05. The maximum absolute atomic E-state index is 13.8. The molecule has 3 aromatic carbocycles. The number of morpholine rings is 1. The van der Waals surface area contributed by atoms with Crippen molar-refractivity contribution in [3.63, 3.8) is 0 Å². The van der Waals surface area contributed by atoms with E-state index in [0.29, 0.717) is 50.0 Å². The molecule has 1 saturated heterocycles. The molecule has 43 heavy (non-hydrogen) atoms. The molecule has 4 rings (SSSR count). The number of ether oxygens (including phenoxy) is 4. The van der Waals surface area contributed by atoms with Crippen LogP contribution in [0, 0.1) is 0 Å². The van der Waals surface area contributed by atoms with Gasteiger partial charge in [0.1, 0.15) is 17.5 Å². The summed E-state index contributed by atoms with van der Waals surface area (Å²) in [7, 11) is -0.548. The molecular weight excluding hydrogens is 574 g/mol. The second kappa shape index (κ2) is 15.5. The van der Waals surface area contributed by atoms with E-state index in [2.05, 4.69) is 5.32 Å². The van der Waals surface area contributed by atoms with E-state index in [0.717, 1.165) is 5.56 Å². The van der Waals surface area contributed by atoms with Gasteiger partial charge in [-0.1, -0.05) is 42.5 Å². The molecule has 3 aromatic rings. The third-order valence-electron chi connectivity index (χ3n) is 6.91. The first kappa shape index (κ1) is 32.0. The molecule has 12 heteroatoms. The molecule has 1 fully saturated rings. The summed E-state index contributed by atoms with van der Waals surface area (Å²) in [4.78, 5) is 28.9. The monoisotopic (exact) mass is 611 g/mol. The first-order chi connectivity index (χ1) is 20.8. The lowest BCUT2D eigenvalue weighted by Crippen LogP contribution is -2.45. The first-order valence-electron chi connectivity index (χ1n) is 13.9. The number of hydrogen-bond acceptors (Lipinski definition) is 8. The number of carbonyl (C=O) groups excluding carboxylic acids is 2. The highest BCUT2D eigenvalue weighted by atomic mass is 32.2. The lowest BCUT2D eigenvalue weighted by molar-refractivity contribution is -0.143. The Morgan fingerprint density at radius 3 is 2.21 bits per heavy atom. The van der Waals surface area contributed by atoms with E-state index in [1.165, 1.54) is 33.5 Å². The molecule has 1 aliphatic rings. The molecule has 230 valence electrons. The minimum Gasteiger partial charge on any atom is -0.497 e. The fraction of sp³-hybridized carbons (Fsp3) is 0.355. The van der Waals surface area contributed by atoms with E-state index >= 15 is 0 Å². The molecule has 1 aliphatic heterocycles. The number of rotatable bonds is 14. The molecular formula is C31H37N3O8S. The van der Waals surface area contributed by atoms with Crippen molar-refractivity contribution in [3.8, 4) is 11.5 Å². The Bertz CT molecular complexity index is 1430. The lowest BCUT2D eigenvalue weighted by atomic mass is 10.0. The van der Waals surface area contributed by atoms with Crippen LogP contribution >= 0.6 is 0 Å². The van der Waals surface area contributed by atoms with Crippen LogP contribution in [0.2, 0.25) is 0 Å². The number of nitrogens with zero attached hydrogens (tertiary/aromatic N) is 2. The van der Waals surface area contributed by atoms with Crippen molar-refractivity contribution in [1.82, 2.24) is 14.5 Å². The molecule has 0 bridgehead atoms. The summed E-state index contributed by atoms with van der Waals surface area (Å²) in [5, 5.41) is 2.86. The summed E-state index contributed by atoms with van der Waals surface area (Å²) in [6.45, 7) is 1.63. The number of benzene rings is 3. The van der Waals surface area contributed by atoms with Gasteiger partial charge in [-0.25, -0.2) is 8.42 Å². The Morgan fingerprint density at radius 2 is 1.58 bits per heavy atom. The Balaban J connectivity index is 1.55. The van der Waals surface area contributed by atoms with Gasteiger partial charge in [0.2, 0.25) is 15.9 Å². The fourth-order valence-electron chi connectivity index (χ4n) is 4.60. The van der Waals surface area contributed by atoms with Crippen LogP contribution in [-0.2, 0) is 35.6 Å². The highest BCUT2D eigenvalue weighted by Gasteiger charge is 2.32. The third-order valence-corrected chi connectivity index (χ3v) is 8.82. The van der Waals surface area contributed by atoms with E-state index in [4.69, 9.17) is 18.9 Å². The van der Waals surface area contributed by atoms with Crippen LogP contribution in [0.1, 0.15) is 17.2 Å². The van der Waals surface area contributed by atoms with E-state index in [1.807, 2.05) is 30.3 Å². The minimum atomic E-state index is -3.66. The molecule has 0 spiro atoms. The SMILES string of the molecule is COCCNC(=O)[C@@H](c1ccccc1)N(Cc1ccc(OC)cc1)C(=O)COc1ccc(S(=O)(=O)N2CCOCC2)cc1. The van der Waals surface area contributed by atoms with Gasteiger partial charge in [-0.3, -0.25) is 9.59 Å². The largest absolute Gasteiger partial charge is 0.497 e. The number of nitrogens with one attached hydrogen (secondary N) is 1. The molecule has 1 N–H and O–H groups in total. The minimum absolute atomic E-state index is 0.125. The summed E-state index contributed by atoms with van der Waals surface area (Å²) in [6.07, 6.45) is 0.